The first-order valence-corrected chi connectivity index (χ1v) is 7.93. The van der Waals surface area contributed by atoms with Gasteiger partial charge in [-0.15, -0.1) is 0 Å². The number of phenolic OH excluding ortho intramolecular Hbond substituents is 1. The van der Waals surface area contributed by atoms with Crippen molar-refractivity contribution in [2.45, 2.75) is 24.1 Å². The molecule has 0 atom stereocenters. The zero-order valence-corrected chi connectivity index (χ0v) is 13.0. The van der Waals surface area contributed by atoms with Gasteiger partial charge in [-0.05, 0) is 52.7 Å². The number of aromatic hydroxyl groups is 1. The number of halogens is 1. The van der Waals surface area contributed by atoms with Gasteiger partial charge in [-0.2, -0.15) is 11.8 Å². The normalized spacial score (nSPS) is 16.6. The lowest BCUT2D eigenvalue weighted by Crippen LogP contribution is -2.25. The van der Waals surface area contributed by atoms with E-state index in [0.717, 1.165) is 18.7 Å². The highest BCUT2D eigenvalue weighted by Gasteiger charge is 2.41. The predicted octanol–water partition coefficient (Wildman–Crippen LogP) is 3.15. The molecule has 0 aromatic heterocycles. The van der Waals surface area contributed by atoms with E-state index in [9.17, 15) is 5.11 Å². The molecule has 18 heavy (non-hydrogen) atoms. The van der Waals surface area contributed by atoms with Crippen molar-refractivity contribution in [1.82, 2.24) is 5.32 Å². The highest BCUT2D eigenvalue weighted by molar-refractivity contribution is 9.10. The third kappa shape index (κ3) is 3.13. The Morgan fingerprint density at radius 3 is 2.78 bits per heavy atom. The van der Waals surface area contributed by atoms with Gasteiger partial charge >= 0.3 is 0 Å². The fourth-order valence-corrected chi connectivity index (χ4v) is 3.16. The minimum absolute atomic E-state index is 0.157. The second kappa shape index (κ2) is 5.72. The molecular formula is C13H18BrNO2S. The van der Waals surface area contributed by atoms with Crippen molar-refractivity contribution in [3.05, 3.63) is 22.2 Å². The van der Waals surface area contributed by atoms with E-state index in [1.807, 2.05) is 23.9 Å². The number of benzene rings is 1. The van der Waals surface area contributed by atoms with Gasteiger partial charge < -0.3 is 15.2 Å². The Labute approximate surface area is 120 Å². The molecule has 3 nitrogen and oxygen atoms in total. The third-order valence-electron chi connectivity index (χ3n) is 3.33. The van der Waals surface area contributed by atoms with Crippen molar-refractivity contribution in [3.8, 4) is 11.5 Å². The zero-order chi connectivity index (χ0) is 13.2. The minimum Gasteiger partial charge on any atom is -0.503 e. The van der Waals surface area contributed by atoms with Crippen LogP contribution in [0.5, 0.6) is 11.5 Å². The summed E-state index contributed by atoms with van der Waals surface area (Å²) < 4.78 is 6.28. The van der Waals surface area contributed by atoms with Crippen LogP contribution < -0.4 is 10.1 Å². The van der Waals surface area contributed by atoms with Gasteiger partial charge in [0.25, 0.3) is 0 Å². The molecule has 2 rings (SSSR count). The van der Waals surface area contributed by atoms with Crippen LogP contribution in [0.25, 0.3) is 0 Å². The molecule has 2 N–H and O–H groups in total. The van der Waals surface area contributed by atoms with Gasteiger partial charge in [0, 0.05) is 17.8 Å². The van der Waals surface area contributed by atoms with Crippen molar-refractivity contribution in [2.24, 2.45) is 0 Å². The Hall–Kier alpha value is -0.390. The number of rotatable bonds is 6. The van der Waals surface area contributed by atoms with E-state index in [2.05, 4.69) is 27.5 Å². The Kier molecular flexibility index (Phi) is 4.45. The first kappa shape index (κ1) is 14.0. The van der Waals surface area contributed by atoms with Crippen LogP contribution in [0.15, 0.2) is 16.6 Å². The molecule has 0 spiro atoms. The lowest BCUT2D eigenvalue weighted by atomic mass is 10.2. The first-order valence-electron chi connectivity index (χ1n) is 5.91. The number of ether oxygens (including phenoxy) is 1. The quantitative estimate of drug-likeness (QED) is 0.840. The monoisotopic (exact) mass is 331 g/mol. The summed E-state index contributed by atoms with van der Waals surface area (Å²) in [5.41, 5.74) is 1.11. The summed E-state index contributed by atoms with van der Waals surface area (Å²) in [6, 6.07) is 3.79. The van der Waals surface area contributed by atoms with Crippen molar-refractivity contribution < 1.29 is 9.84 Å². The molecular weight excluding hydrogens is 314 g/mol. The van der Waals surface area contributed by atoms with Crippen LogP contribution in [0.1, 0.15) is 18.4 Å². The molecule has 100 valence electrons. The van der Waals surface area contributed by atoms with Gasteiger partial charge in [0.15, 0.2) is 11.5 Å². The van der Waals surface area contributed by atoms with Crippen molar-refractivity contribution in [2.75, 3.05) is 19.9 Å². The van der Waals surface area contributed by atoms with Crippen molar-refractivity contribution in [1.29, 1.82) is 0 Å². The summed E-state index contributed by atoms with van der Waals surface area (Å²) in [6.45, 7) is 1.83. The number of thioether (sulfide) groups is 1. The van der Waals surface area contributed by atoms with Crippen LogP contribution in [-0.4, -0.2) is 29.8 Å². The van der Waals surface area contributed by atoms with Crippen molar-refractivity contribution in [3.63, 3.8) is 0 Å². The van der Waals surface area contributed by atoms with Gasteiger partial charge in [0.05, 0.1) is 11.6 Å². The number of methoxy groups -OCH3 is 1. The van der Waals surface area contributed by atoms with E-state index < -0.39 is 0 Å². The average molecular weight is 332 g/mol. The molecule has 1 fully saturated rings. The van der Waals surface area contributed by atoms with Crippen molar-refractivity contribution >= 4 is 27.7 Å². The van der Waals surface area contributed by atoms with Crippen LogP contribution in [-0.2, 0) is 6.54 Å². The zero-order valence-electron chi connectivity index (χ0n) is 10.6. The summed E-state index contributed by atoms with van der Waals surface area (Å²) in [6.07, 6.45) is 4.79. The largest absolute Gasteiger partial charge is 0.503 e. The maximum Gasteiger partial charge on any atom is 0.172 e. The summed E-state index contributed by atoms with van der Waals surface area (Å²) in [7, 11) is 1.56. The number of hydrogen-bond donors (Lipinski definition) is 2. The lowest BCUT2D eigenvalue weighted by Gasteiger charge is -2.14. The molecule has 1 saturated carbocycles. The molecule has 1 aliphatic carbocycles. The van der Waals surface area contributed by atoms with E-state index in [0.29, 0.717) is 15.0 Å². The van der Waals surface area contributed by atoms with Gasteiger partial charge in [-0.1, -0.05) is 0 Å². The molecule has 0 saturated heterocycles. The van der Waals surface area contributed by atoms with E-state index in [4.69, 9.17) is 4.74 Å². The smallest absolute Gasteiger partial charge is 0.172 e. The predicted molar refractivity (Wildman–Crippen MR) is 79.5 cm³/mol. The Bertz CT molecular complexity index is 435. The average Bonchev–Trinajstić information content (AvgIpc) is 3.14. The molecule has 5 heteroatoms. The Morgan fingerprint density at radius 2 is 2.22 bits per heavy atom. The Morgan fingerprint density at radius 1 is 1.50 bits per heavy atom. The maximum absolute atomic E-state index is 9.73. The molecule has 0 radical (unpaired) electrons. The third-order valence-corrected chi connectivity index (χ3v) is 5.35. The molecule has 1 aromatic carbocycles. The van der Waals surface area contributed by atoms with E-state index in [1.165, 1.54) is 12.8 Å². The van der Waals surface area contributed by atoms with E-state index >= 15 is 0 Å². The molecule has 0 aliphatic heterocycles. The van der Waals surface area contributed by atoms with Crippen LogP contribution in [0.4, 0.5) is 0 Å². The summed E-state index contributed by atoms with van der Waals surface area (Å²) in [5.74, 6) is 0.663. The first-order chi connectivity index (χ1) is 8.60. The molecule has 1 aromatic rings. The second-order valence-electron chi connectivity index (χ2n) is 4.62. The topological polar surface area (TPSA) is 41.5 Å². The Balaban J connectivity index is 1.95. The minimum atomic E-state index is 0.157. The molecule has 0 unspecified atom stereocenters. The summed E-state index contributed by atoms with van der Waals surface area (Å²) in [4.78, 5) is 0. The maximum atomic E-state index is 9.73. The molecule has 0 bridgehead atoms. The highest BCUT2D eigenvalue weighted by Crippen LogP contribution is 2.46. The fraction of sp³-hybridized carbons (Fsp3) is 0.538. The number of nitrogens with one attached hydrogen (secondary N) is 1. The van der Waals surface area contributed by atoms with Crippen LogP contribution >= 0.6 is 27.7 Å². The van der Waals surface area contributed by atoms with Gasteiger partial charge in [-0.25, -0.2) is 0 Å². The van der Waals surface area contributed by atoms with Gasteiger partial charge in [0.2, 0.25) is 0 Å². The van der Waals surface area contributed by atoms with E-state index in [1.54, 1.807) is 7.11 Å². The number of hydrogen-bond acceptors (Lipinski definition) is 4. The molecule has 1 aliphatic rings. The molecule has 0 amide bonds. The molecule has 0 heterocycles. The van der Waals surface area contributed by atoms with Gasteiger partial charge in [-0.3, -0.25) is 0 Å². The standard InChI is InChI=1S/C13H18BrNO2S/c1-17-11-6-9(5-10(14)12(11)16)7-15-8-13(18-2)3-4-13/h5-6,15-16H,3-4,7-8H2,1-2H3. The fourth-order valence-electron chi connectivity index (χ4n) is 1.91. The summed E-state index contributed by atoms with van der Waals surface area (Å²) in [5, 5.41) is 13.2. The second-order valence-corrected chi connectivity index (χ2v) is 6.75. The summed E-state index contributed by atoms with van der Waals surface area (Å²) >= 11 is 5.28. The SMILES string of the molecule is COc1cc(CNCC2(SC)CC2)cc(Br)c1O. The van der Waals surface area contributed by atoms with E-state index in [-0.39, 0.29) is 5.75 Å². The number of phenols is 1. The van der Waals surface area contributed by atoms with Crippen LogP contribution in [0, 0.1) is 0 Å². The lowest BCUT2D eigenvalue weighted by molar-refractivity contribution is 0.371. The van der Waals surface area contributed by atoms with Crippen LogP contribution in [0.2, 0.25) is 0 Å². The van der Waals surface area contributed by atoms with Crippen LogP contribution in [0.3, 0.4) is 0 Å². The highest BCUT2D eigenvalue weighted by atomic mass is 79.9. The van der Waals surface area contributed by atoms with Gasteiger partial charge in [0.1, 0.15) is 0 Å².